The number of carbonyl (C=O) groups is 1. The van der Waals surface area contributed by atoms with Gasteiger partial charge in [0.2, 0.25) is 10.0 Å². The second kappa shape index (κ2) is 8.71. The molecule has 1 amide bonds. The Morgan fingerprint density at radius 2 is 1.80 bits per heavy atom. The zero-order valence-electron chi connectivity index (χ0n) is 13.9. The van der Waals surface area contributed by atoms with E-state index in [1.807, 2.05) is 19.2 Å². The van der Waals surface area contributed by atoms with Crippen molar-refractivity contribution < 1.29 is 13.2 Å². The standard InChI is InChI=1S/C17H19ClN2O3S2/c1-12-3-6-14(7-4-12)25(22,23)20-10-9-19-17(21)15-11-13(24-2)5-8-16(15)18/h3-8,11,20H,9-10H2,1-2H3,(H,19,21). The van der Waals surface area contributed by atoms with Crippen LogP contribution in [0.4, 0.5) is 0 Å². The van der Waals surface area contributed by atoms with Crippen LogP contribution in [-0.4, -0.2) is 33.7 Å². The van der Waals surface area contributed by atoms with Crippen LogP contribution in [0.25, 0.3) is 0 Å². The third-order valence-electron chi connectivity index (χ3n) is 3.45. The number of hydrogen-bond donors (Lipinski definition) is 2. The summed E-state index contributed by atoms with van der Waals surface area (Å²) in [4.78, 5) is 13.3. The molecule has 0 aliphatic heterocycles. The van der Waals surface area contributed by atoms with Crippen molar-refractivity contribution in [2.75, 3.05) is 19.3 Å². The van der Waals surface area contributed by atoms with Gasteiger partial charge in [-0.2, -0.15) is 0 Å². The van der Waals surface area contributed by atoms with Crippen LogP contribution < -0.4 is 10.0 Å². The van der Waals surface area contributed by atoms with Gasteiger partial charge >= 0.3 is 0 Å². The fourth-order valence-corrected chi connectivity index (χ4v) is 3.74. The van der Waals surface area contributed by atoms with Crippen LogP contribution in [0.3, 0.4) is 0 Å². The van der Waals surface area contributed by atoms with Crippen molar-refractivity contribution in [3.8, 4) is 0 Å². The molecule has 2 aromatic carbocycles. The van der Waals surface area contributed by atoms with Gasteiger partial charge in [0, 0.05) is 18.0 Å². The Kier molecular flexibility index (Phi) is 6.89. The lowest BCUT2D eigenvalue weighted by Crippen LogP contribution is -2.34. The lowest BCUT2D eigenvalue weighted by atomic mass is 10.2. The number of halogens is 1. The summed E-state index contributed by atoms with van der Waals surface area (Å²) in [5, 5.41) is 3.02. The Balaban J connectivity index is 1.90. The topological polar surface area (TPSA) is 75.3 Å². The molecule has 2 aromatic rings. The van der Waals surface area contributed by atoms with Crippen molar-refractivity contribution in [1.82, 2.24) is 10.0 Å². The van der Waals surface area contributed by atoms with Gasteiger partial charge in [0.05, 0.1) is 15.5 Å². The predicted octanol–water partition coefficient (Wildman–Crippen LogP) is 3.08. The number of aryl methyl sites for hydroxylation is 1. The molecule has 0 aliphatic carbocycles. The van der Waals surface area contributed by atoms with Gasteiger partial charge in [-0.15, -0.1) is 11.8 Å². The number of rotatable bonds is 7. The summed E-state index contributed by atoms with van der Waals surface area (Å²) in [6.45, 7) is 2.13. The second-order valence-corrected chi connectivity index (χ2v) is 8.37. The predicted molar refractivity (Wildman–Crippen MR) is 102 cm³/mol. The van der Waals surface area contributed by atoms with Crippen LogP contribution in [0.1, 0.15) is 15.9 Å². The number of thioether (sulfide) groups is 1. The van der Waals surface area contributed by atoms with Gasteiger partial charge in [0.15, 0.2) is 0 Å². The van der Waals surface area contributed by atoms with Crippen molar-refractivity contribution in [2.24, 2.45) is 0 Å². The van der Waals surface area contributed by atoms with Crippen molar-refractivity contribution in [1.29, 1.82) is 0 Å². The van der Waals surface area contributed by atoms with E-state index in [1.165, 1.54) is 11.8 Å². The summed E-state index contributed by atoms with van der Waals surface area (Å²) in [5.41, 5.74) is 1.35. The van der Waals surface area contributed by atoms with Gasteiger partial charge in [0.1, 0.15) is 0 Å². The van der Waals surface area contributed by atoms with Crippen molar-refractivity contribution in [3.63, 3.8) is 0 Å². The summed E-state index contributed by atoms with van der Waals surface area (Å²) in [7, 11) is -3.59. The maximum Gasteiger partial charge on any atom is 0.252 e. The monoisotopic (exact) mass is 398 g/mol. The van der Waals surface area contributed by atoms with Crippen molar-refractivity contribution in [3.05, 3.63) is 58.6 Å². The molecule has 0 unspecified atom stereocenters. The Morgan fingerprint density at radius 1 is 1.12 bits per heavy atom. The van der Waals surface area contributed by atoms with Crippen LogP contribution in [-0.2, 0) is 10.0 Å². The maximum absolute atomic E-state index is 12.2. The third kappa shape index (κ3) is 5.47. The van der Waals surface area contributed by atoms with Gasteiger partial charge in [-0.25, -0.2) is 13.1 Å². The molecule has 2 rings (SSSR count). The molecule has 0 aromatic heterocycles. The normalized spacial score (nSPS) is 11.3. The average molecular weight is 399 g/mol. The number of nitrogens with one attached hydrogen (secondary N) is 2. The summed E-state index contributed by atoms with van der Waals surface area (Å²) < 4.78 is 26.8. The highest BCUT2D eigenvalue weighted by Crippen LogP contribution is 2.22. The Labute approximate surface area is 157 Å². The van der Waals surface area contributed by atoms with Gasteiger partial charge in [-0.1, -0.05) is 29.3 Å². The minimum absolute atomic E-state index is 0.0851. The third-order valence-corrected chi connectivity index (χ3v) is 5.98. The minimum atomic E-state index is -3.59. The number of carbonyl (C=O) groups excluding carboxylic acids is 1. The Hall–Kier alpha value is -1.54. The summed E-state index contributed by atoms with van der Waals surface area (Å²) in [6, 6.07) is 11.8. The van der Waals surface area contributed by atoms with E-state index in [4.69, 9.17) is 11.6 Å². The molecule has 0 heterocycles. The average Bonchev–Trinajstić information content (AvgIpc) is 2.59. The molecule has 0 spiro atoms. The van der Waals surface area contributed by atoms with E-state index < -0.39 is 10.0 Å². The molecular weight excluding hydrogens is 380 g/mol. The zero-order chi connectivity index (χ0) is 18.4. The van der Waals surface area contributed by atoms with Crippen LogP contribution in [0.2, 0.25) is 5.02 Å². The molecule has 0 atom stereocenters. The second-order valence-electron chi connectivity index (χ2n) is 5.31. The van der Waals surface area contributed by atoms with Gasteiger partial charge < -0.3 is 5.32 Å². The van der Waals surface area contributed by atoms with Gasteiger partial charge in [-0.3, -0.25) is 4.79 Å². The number of hydrogen-bond acceptors (Lipinski definition) is 4. The lowest BCUT2D eigenvalue weighted by molar-refractivity contribution is 0.0954. The Morgan fingerprint density at radius 3 is 2.44 bits per heavy atom. The summed E-state index contributed by atoms with van der Waals surface area (Å²) in [5.74, 6) is -0.338. The van der Waals surface area contributed by atoms with Crippen molar-refractivity contribution in [2.45, 2.75) is 16.7 Å². The fraction of sp³-hybridized carbons (Fsp3) is 0.235. The highest BCUT2D eigenvalue weighted by molar-refractivity contribution is 7.98. The molecule has 0 aliphatic rings. The highest BCUT2D eigenvalue weighted by Gasteiger charge is 2.14. The first-order valence-corrected chi connectivity index (χ1v) is 10.6. The van der Waals surface area contributed by atoms with E-state index in [-0.39, 0.29) is 23.9 Å². The van der Waals surface area contributed by atoms with Gasteiger partial charge in [0.25, 0.3) is 5.91 Å². The van der Waals surface area contributed by atoms with Crippen LogP contribution in [0.15, 0.2) is 52.3 Å². The molecule has 0 bridgehead atoms. The number of sulfonamides is 1. The quantitative estimate of drug-likeness (QED) is 0.555. The van der Waals surface area contributed by atoms with Gasteiger partial charge in [-0.05, 0) is 43.5 Å². The first-order chi connectivity index (χ1) is 11.8. The van der Waals surface area contributed by atoms with Crippen molar-refractivity contribution >= 4 is 39.3 Å². The molecule has 5 nitrogen and oxygen atoms in total. The molecule has 0 fully saturated rings. The largest absolute Gasteiger partial charge is 0.351 e. The van der Waals surface area contributed by atoms with Crippen LogP contribution in [0.5, 0.6) is 0 Å². The summed E-state index contributed by atoms with van der Waals surface area (Å²) in [6.07, 6.45) is 1.91. The van der Waals surface area contributed by atoms with Crippen LogP contribution >= 0.6 is 23.4 Å². The molecular formula is C17H19ClN2O3S2. The summed E-state index contributed by atoms with van der Waals surface area (Å²) >= 11 is 7.55. The fourth-order valence-electron chi connectivity index (χ4n) is 2.06. The number of benzene rings is 2. The highest BCUT2D eigenvalue weighted by atomic mass is 35.5. The van der Waals surface area contributed by atoms with E-state index in [2.05, 4.69) is 10.0 Å². The first kappa shape index (κ1) is 19.8. The van der Waals surface area contributed by atoms with E-state index in [9.17, 15) is 13.2 Å². The first-order valence-electron chi connectivity index (χ1n) is 7.51. The molecule has 2 N–H and O–H groups in total. The lowest BCUT2D eigenvalue weighted by Gasteiger charge is -2.10. The zero-order valence-corrected chi connectivity index (χ0v) is 16.3. The molecule has 0 saturated heterocycles. The smallest absolute Gasteiger partial charge is 0.252 e. The molecule has 8 heteroatoms. The van der Waals surface area contributed by atoms with Crippen LogP contribution in [0, 0.1) is 6.92 Å². The molecule has 25 heavy (non-hydrogen) atoms. The maximum atomic E-state index is 12.2. The van der Waals surface area contributed by atoms with E-state index in [0.717, 1.165) is 10.5 Å². The van der Waals surface area contributed by atoms with E-state index in [0.29, 0.717) is 10.6 Å². The van der Waals surface area contributed by atoms with E-state index in [1.54, 1.807) is 36.4 Å². The Bertz CT molecular complexity index is 853. The molecule has 0 saturated carbocycles. The molecule has 0 radical (unpaired) electrons. The SMILES string of the molecule is CSc1ccc(Cl)c(C(=O)NCCNS(=O)(=O)c2ccc(C)cc2)c1. The minimum Gasteiger partial charge on any atom is -0.351 e. The number of amides is 1. The van der Waals surface area contributed by atoms with E-state index >= 15 is 0 Å². The molecule has 134 valence electrons.